The van der Waals surface area contributed by atoms with E-state index in [4.69, 9.17) is 4.74 Å². The molecule has 23 heavy (non-hydrogen) atoms. The van der Waals surface area contributed by atoms with E-state index >= 15 is 0 Å². The van der Waals surface area contributed by atoms with Crippen molar-refractivity contribution >= 4 is 23.1 Å². The Bertz CT molecular complexity index is 757. The highest BCUT2D eigenvalue weighted by Crippen LogP contribution is 2.34. The van der Waals surface area contributed by atoms with Crippen molar-refractivity contribution in [3.8, 4) is 5.75 Å². The van der Waals surface area contributed by atoms with Crippen molar-refractivity contribution in [2.24, 2.45) is 0 Å². The highest BCUT2D eigenvalue weighted by molar-refractivity contribution is 5.98. The number of carbonyl (C=O) groups is 1. The van der Waals surface area contributed by atoms with Gasteiger partial charge >= 0.3 is 12.7 Å². The summed E-state index contributed by atoms with van der Waals surface area (Å²) in [5.41, 5.74) is 0.975. The van der Waals surface area contributed by atoms with Crippen molar-refractivity contribution in [2.45, 2.75) is 39.9 Å². The van der Waals surface area contributed by atoms with Gasteiger partial charge in [-0.3, -0.25) is 4.57 Å². The molecule has 0 unspecified atom stereocenters. The van der Waals surface area contributed by atoms with Crippen LogP contribution in [0.5, 0.6) is 5.75 Å². The molecule has 0 fully saturated rings. The van der Waals surface area contributed by atoms with E-state index in [0.717, 1.165) is 0 Å². The van der Waals surface area contributed by atoms with Crippen molar-refractivity contribution in [1.82, 2.24) is 4.57 Å². The molecule has 0 N–H and O–H groups in total. The molecule has 2 aromatic rings. The Morgan fingerprint density at radius 3 is 2.57 bits per heavy atom. The van der Waals surface area contributed by atoms with Crippen LogP contribution in [0.4, 0.5) is 13.6 Å². The number of hydrogen-bond acceptors (Lipinski definition) is 3. The van der Waals surface area contributed by atoms with Gasteiger partial charge in [0.15, 0.2) is 0 Å². The summed E-state index contributed by atoms with van der Waals surface area (Å²) < 4.78 is 36.4. The Morgan fingerprint density at radius 1 is 1.39 bits per heavy atom. The van der Waals surface area contributed by atoms with Crippen molar-refractivity contribution in [3.63, 3.8) is 0 Å². The number of fused-ring (bicyclic) bond motifs is 1. The molecule has 0 saturated carbocycles. The Labute approximate surface area is 133 Å². The van der Waals surface area contributed by atoms with Gasteiger partial charge in [-0.05, 0) is 45.4 Å². The highest BCUT2D eigenvalue weighted by Gasteiger charge is 2.22. The minimum Gasteiger partial charge on any atom is -0.443 e. The molecule has 6 heteroatoms. The first-order valence-corrected chi connectivity index (χ1v) is 7.09. The number of rotatable bonds is 3. The summed E-state index contributed by atoms with van der Waals surface area (Å²) in [6.07, 6.45) is 2.44. The van der Waals surface area contributed by atoms with Crippen LogP contribution in [0.1, 0.15) is 31.9 Å². The van der Waals surface area contributed by atoms with Crippen molar-refractivity contribution in [2.75, 3.05) is 0 Å². The van der Waals surface area contributed by atoms with Crippen LogP contribution in [0.3, 0.4) is 0 Å². The van der Waals surface area contributed by atoms with Crippen molar-refractivity contribution < 1.29 is 23.0 Å². The molecule has 0 radical (unpaired) electrons. The third-order valence-electron chi connectivity index (χ3n) is 3.17. The zero-order chi connectivity index (χ0) is 17.4. The summed E-state index contributed by atoms with van der Waals surface area (Å²) >= 11 is 0. The predicted molar refractivity (Wildman–Crippen MR) is 85.0 cm³/mol. The van der Waals surface area contributed by atoms with Crippen LogP contribution < -0.4 is 4.74 Å². The Balaban J connectivity index is 2.60. The van der Waals surface area contributed by atoms with E-state index in [1.807, 2.05) is 0 Å². The minimum absolute atomic E-state index is 0.0296. The topological polar surface area (TPSA) is 40.5 Å². The molecule has 0 aliphatic heterocycles. The maximum absolute atomic E-state index is 12.6. The second kappa shape index (κ2) is 6.02. The largest absolute Gasteiger partial charge is 0.443 e. The third kappa shape index (κ3) is 3.52. The number of nitrogens with zero attached hydrogens (tertiary/aromatic N) is 1. The first-order chi connectivity index (χ1) is 10.6. The summed E-state index contributed by atoms with van der Waals surface area (Å²) in [6, 6.07) is 3.12. The second-order valence-electron chi connectivity index (χ2n) is 6.12. The molecule has 0 aliphatic carbocycles. The Kier molecular flexibility index (Phi) is 4.45. The normalized spacial score (nSPS) is 11.8. The smallest absolute Gasteiger partial charge is 0.419 e. The number of aromatic nitrogens is 1. The first kappa shape index (κ1) is 17.0. The minimum atomic E-state index is -2.93. The van der Waals surface area contributed by atoms with Crippen LogP contribution in [0.25, 0.3) is 17.0 Å². The Hall–Kier alpha value is -2.37. The monoisotopic (exact) mass is 323 g/mol. The van der Waals surface area contributed by atoms with Gasteiger partial charge in [0.05, 0.1) is 5.52 Å². The molecule has 0 amide bonds. The summed E-state index contributed by atoms with van der Waals surface area (Å²) in [6.45, 7) is 7.74. The number of aryl methyl sites for hydroxylation is 1. The molecule has 0 aliphatic rings. The zero-order valence-electron chi connectivity index (χ0n) is 13.5. The molecule has 2 rings (SSSR count). The summed E-state index contributed by atoms with van der Waals surface area (Å²) in [4.78, 5) is 12.3. The predicted octanol–water partition coefficient (Wildman–Crippen LogP) is 4.98. The highest BCUT2D eigenvalue weighted by atomic mass is 19.3. The Morgan fingerprint density at radius 2 is 2.04 bits per heavy atom. The van der Waals surface area contributed by atoms with Crippen LogP contribution in [0.15, 0.2) is 24.9 Å². The number of halogens is 2. The van der Waals surface area contributed by atoms with E-state index in [-0.39, 0.29) is 5.75 Å². The third-order valence-corrected chi connectivity index (χ3v) is 3.17. The standard InChI is InChI=1S/C17H19F2NO3/c1-6-11-12-7-8-20(16(21)23-17(3,4)5)14(12)10(2)9-13(11)22-15(18)19/h6-9,15H,1H2,2-5H3. The van der Waals surface area contributed by atoms with Crippen LogP contribution in [-0.4, -0.2) is 22.9 Å². The fourth-order valence-corrected chi connectivity index (χ4v) is 2.39. The lowest BCUT2D eigenvalue weighted by molar-refractivity contribution is -0.0499. The molecule has 0 spiro atoms. The number of ether oxygens (including phenoxy) is 2. The molecular formula is C17H19F2NO3. The zero-order valence-corrected chi connectivity index (χ0v) is 13.5. The van der Waals surface area contributed by atoms with E-state index in [0.29, 0.717) is 22.0 Å². The SMILES string of the molecule is C=Cc1c(OC(F)F)cc(C)c2c1ccn2C(=O)OC(C)(C)C. The molecule has 124 valence electrons. The number of carbonyl (C=O) groups excluding carboxylic acids is 1. The molecular weight excluding hydrogens is 304 g/mol. The van der Waals surface area contributed by atoms with Crippen LogP contribution >= 0.6 is 0 Å². The lowest BCUT2D eigenvalue weighted by Crippen LogP contribution is -2.26. The lowest BCUT2D eigenvalue weighted by atomic mass is 10.0. The van der Waals surface area contributed by atoms with Crippen molar-refractivity contribution in [3.05, 3.63) is 36.0 Å². The molecule has 1 heterocycles. The fourth-order valence-electron chi connectivity index (χ4n) is 2.39. The molecule has 4 nitrogen and oxygen atoms in total. The molecule has 1 aromatic carbocycles. The van der Waals surface area contributed by atoms with Gasteiger partial charge in [-0.25, -0.2) is 4.79 Å². The summed E-state index contributed by atoms with van der Waals surface area (Å²) in [5, 5.41) is 0.599. The van der Waals surface area contributed by atoms with Crippen LogP contribution in [0, 0.1) is 6.92 Å². The van der Waals surface area contributed by atoms with Gasteiger partial charge in [0.1, 0.15) is 11.4 Å². The fraction of sp³-hybridized carbons (Fsp3) is 0.353. The van der Waals surface area contributed by atoms with Crippen molar-refractivity contribution in [1.29, 1.82) is 0 Å². The average Bonchev–Trinajstić information content (AvgIpc) is 2.81. The number of alkyl halides is 2. The average molecular weight is 323 g/mol. The van der Waals surface area contributed by atoms with Gasteiger partial charge < -0.3 is 9.47 Å². The summed E-state index contributed by atoms with van der Waals surface area (Å²) in [7, 11) is 0. The second-order valence-corrected chi connectivity index (χ2v) is 6.12. The molecule has 0 saturated heterocycles. The van der Waals surface area contributed by atoms with Gasteiger partial charge in [-0.15, -0.1) is 0 Å². The van der Waals surface area contributed by atoms with Gasteiger partial charge in [-0.1, -0.05) is 12.7 Å². The quantitative estimate of drug-likeness (QED) is 0.800. The van der Waals surface area contributed by atoms with E-state index < -0.39 is 18.3 Å². The number of benzene rings is 1. The van der Waals surface area contributed by atoms with E-state index in [1.54, 1.807) is 40.0 Å². The van der Waals surface area contributed by atoms with Crippen LogP contribution in [-0.2, 0) is 4.74 Å². The molecule has 0 atom stereocenters. The maximum atomic E-state index is 12.6. The first-order valence-electron chi connectivity index (χ1n) is 7.09. The van der Waals surface area contributed by atoms with Gasteiger partial charge in [-0.2, -0.15) is 8.78 Å². The van der Waals surface area contributed by atoms with Crippen LogP contribution in [0.2, 0.25) is 0 Å². The molecule has 1 aromatic heterocycles. The van der Waals surface area contributed by atoms with Gasteiger partial charge in [0, 0.05) is 17.1 Å². The van der Waals surface area contributed by atoms with E-state index in [9.17, 15) is 13.6 Å². The summed E-state index contributed by atoms with van der Waals surface area (Å²) in [5.74, 6) is 0.0296. The van der Waals surface area contributed by atoms with E-state index in [1.165, 1.54) is 16.7 Å². The van der Waals surface area contributed by atoms with Gasteiger partial charge in [0.25, 0.3) is 0 Å². The molecule has 0 bridgehead atoms. The lowest BCUT2D eigenvalue weighted by Gasteiger charge is -2.20. The van der Waals surface area contributed by atoms with E-state index in [2.05, 4.69) is 11.3 Å². The van der Waals surface area contributed by atoms with Gasteiger partial charge in [0.2, 0.25) is 0 Å². The number of hydrogen-bond donors (Lipinski definition) is 0. The maximum Gasteiger partial charge on any atom is 0.419 e.